The van der Waals surface area contributed by atoms with Gasteiger partial charge in [0.2, 0.25) is 5.91 Å². The number of ether oxygens (including phenoxy) is 1. The molecular formula is C15H22Br2N2O2. The van der Waals surface area contributed by atoms with Crippen LogP contribution >= 0.6 is 31.9 Å². The standard InChI is InChI=1S/C15H22Br2N2O2/c1-10(2)8-19-14(20)4-5-18-9-11-6-12(16)15(21-3)13(17)7-11/h6-7,10,18H,4-5,8-9H2,1-3H3,(H,19,20). The third kappa shape index (κ3) is 6.80. The highest BCUT2D eigenvalue weighted by molar-refractivity contribution is 9.11. The average Bonchev–Trinajstić information content (AvgIpc) is 2.41. The van der Waals surface area contributed by atoms with Crippen LogP contribution in [0.15, 0.2) is 21.1 Å². The van der Waals surface area contributed by atoms with E-state index in [1.807, 2.05) is 12.1 Å². The molecule has 2 N–H and O–H groups in total. The Balaban J connectivity index is 2.35. The second-order valence-corrected chi connectivity index (χ2v) is 6.93. The van der Waals surface area contributed by atoms with Crippen LogP contribution in [0.1, 0.15) is 25.8 Å². The van der Waals surface area contributed by atoms with E-state index in [1.165, 1.54) is 0 Å². The molecule has 0 unspecified atom stereocenters. The Morgan fingerprint density at radius 1 is 1.29 bits per heavy atom. The summed E-state index contributed by atoms with van der Waals surface area (Å²) in [5, 5.41) is 6.17. The van der Waals surface area contributed by atoms with E-state index < -0.39 is 0 Å². The molecule has 0 spiro atoms. The molecule has 0 aliphatic rings. The summed E-state index contributed by atoms with van der Waals surface area (Å²) in [4.78, 5) is 11.6. The van der Waals surface area contributed by atoms with E-state index in [9.17, 15) is 4.79 Å². The summed E-state index contributed by atoms with van der Waals surface area (Å²) < 4.78 is 7.08. The predicted octanol–water partition coefficient (Wildman–Crippen LogP) is 3.47. The summed E-state index contributed by atoms with van der Waals surface area (Å²) in [5.41, 5.74) is 1.12. The molecule has 0 saturated carbocycles. The van der Waals surface area contributed by atoms with Crippen LogP contribution in [0.2, 0.25) is 0 Å². The van der Waals surface area contributed by atoms with Crippen molar-refractivity contribution in [2.75, 3.05) is 20.2 Å². The van der Waals surface area contributed by atoms with Crippen molar-refractivity contribution in [3.8, 4) is 5.75 Å². The maximum atomic E-state index is 11.6. The molecule has 0 aromatic heterocycles. The molecule has 1 aromatic rings. The minimum absolute atomic E-state index is 0.0910. The number of carbonyl (C=O) groups excluding carboxylic acids is 1. The lowest BCUT2D eigenvalue weighted by Crippen LogP contribution is -2.30. The largest absolute Gasteiger partial charge is 0.494 e. The fourth-order valence-electron chi connectivity index (χ4n) is 1.75. The van der Waals surface area contributed by atoms with Gasteiger partial charge in [0.15, 0.2) is 0 Å². The third-order valence-electron chi connectivity index (χ3n) is 2.83. The van der Waals surface area contributed by atoms with Gasteiger partial charge in [-0.3, -0.25) is 4.79 Å². The molecule has 0 radical (unpaired) electrons. The SMILES string of the molecule is COc1c(Br)cc(CNCCC(=O)NCC(C)C)cc1Br. The fraction of sp³-hybridized carbons (Fsp3) is 0.533. The Morgan fingerprint density at radius 2 is 1.90 bits per heavy atom. The van der Waals surface area contributed by atoms with Crippen LogP contribution in [0, 0.1) is 5.92 Å². The highest BCUT2D eigenvalue weighted by Crippen LogP contribution is 2.34. The zero-order valence-electron chi connectivity index (χ0n) is 12.6. The Kier molecular flexibility index (Phi) is 8.29. The molecule has 1 rings (SSSR count). The molecule has 1 aromatic carbocycles. The number of carbonyl (C=O) groups is 1. The number of amides is 1. The molecule has 0 heterocycles. The second-order valence-electron chi connectivity index (χ2n) is 5.22. The smallest absolute Gasteiger partial charge is 0.221 e. The van der Waals surface area contributed by atoms with Gasteiger partial charge in [-0.25, -0.2) is 0 Å². The predicted molar refractivity (Wildman–Crippen MR) is 92.6 cm³/mol. The number of hydrogen-bond donors (Lipinski definition) is 2. The summed E-state index contributed by atoms with van der Waals surface area (Å²) in [6.45, 7) is 6.26. The Morgan fingerprint density at radius 3 is 2.43 bits per heavy atom. The van der Waals surface area contributed by atoms with Crippen molar-refractivity contribution in [2.24, 2.45) is 5.92 Å². The Labute approximate surface area is 143 Å². The van der Waals surface area contributed by atoms with Gasteiger partial charge in [-0.15, -0.1) is 0 Å². The molecule has 4 nitrogen and oxygen atoms in total. The van der Waals surface area contributed by atoms with E-state index in [0.29, 0.717) is 25.4 Å². The lowest BCUT2D eigenvalue weighted by molar-refractivity contribution is -0.121. The highest BCUT2D eigenvalue weighted by Gasteiger charge is 2.08. The van der Waals surface area contributed by atoms with Crippen molar-refractivity contribution in [3.63, 3.8) is 0 Å². The van der Waals surface area contributed by atoms with E-state index in [4.69, 9.17) is 4.74 Å². The minimum Gasteiger partial charge on any atom is -0.494 e. The molecular weight excluding hydrogens is 400 g/mol. The van der Waals surface area contributed by atoms with Gasteiger partial charge in [0.25, 0.3) is 0 Å². The van der Waals surface area contributed by atoms with Crippen LogP contribution in [0.3, 0.4) is 0 Å². The second kappa shape index (κ2) is 9.43. The van der Waals surface area contributed by atoms with Crippen molar-refractivity contribution in [2.45, 2.75) is 26.8 Å². The summed E-state index contributed by atoms with van der Waals surface area (Å²) in [5.74, 6) is 1.36. The fourth-order valence-corrected chi connectivity index (χ4v) is 3.36. The molecule has 0 fully saturated rings. The third-order valence-corrected chi connectivity index (χ3v) is 4.01. The first kappa shape index (κ1) is 18.5. The number of methoxy groups -OCH3 is 1. The lowest BCUT2D eigenvalue weighted by atomic mass is 10.2. The van der Waals surface area contributed by atoms with Crippen molar-refractivity contribution in [3.05, 3.63) is 26.6 Å². The number of rotatable bonds is 8. The van der Waals surface area contributed by atoms with Crippen LogP contribution in [0.4, 0.5) is 0 Å². The lowest BCUT2D eigenvalue weighted by Gasteiger charge is -2.11. The molecule has 0 aliphatic carbocycles. The summed E-state index contributed by atoms with van der Waals surface area (Å²) in [6.07, 6.45) is 0.491. The zero-order chi connectivity index (χ0) is 15.8. The molecule has 0 saturated heterocycles. The topological polar surface area (TPSA) is 50.4 Å². The Hall–Kier alpha value is -0.590. The van der Waals surface area contributed by atoms with Gasteiger partial charge >= 0.3 is 0 Å². The molecule has 118 valence electrons. The van der Waals surface area contributed by atoms with Gasteiger partial charge in [-0.2, -0.15) is 0 Å². The molecule has 0 bridgehead atoms. The zero-order valence-corrected chi connectivity index (χ0v) is 15.8. The van der Waals surface area contributed by atoms with Crippen LogP contribution in [-0.4, -0.2) is 26.1 Å². The summed E-state index contributed by atoms with van der Waals surface area (Å²) in [7, 11) is 1.64. The maximum absolute atomic E-state index is 11.6. The number of nitrogens with one attached hydrogen (secondary N) is 2. The molecule has 0 aliphatic heterocycles. The maximum Gasteiger partial charge on any atom is 0.221 e. The average molecular weight is 422 g/mol. The van der Waals surface area contributed by atoms with E-state index in [2.05, 4.69) is 56.3 Å². The molecule has 6 heteroatoms. The number of benzene rings is 1. The van der Waals surface area contributed by atoms with Crippen molar-refractivity contribution in [1.82, 2.24) is 10.6 Å². The molecule has 21 heavy (non-hydrogen) atoms. The summed E-state index contributed by atoms with van der Waals surface area (Å²) >= 11 is 6.95. The van der Waals surface area contributed by atoms with Gasteiger partial charge in [-0.05, 0) is 55.5 Å². The first-order valence-electron chi connectivity index (χ1n) is 6.93. The first-order valence-corrected chi connectivity index (χ1v) is 8.52. The van der Waals surface area contributed by atoms with Crippen LogP contribution in [0.5, 0.6) is 5.75 Å². The van der Waals surface area contributed by atoms with E-state index in [1.54, 1.807) is 7.11 Å². The normalized spacial score (nSPS) is 10.8. The number of hydrogen-bond acceptors (Lipinski definition) is 3. The van der Waals surface area contributed by atoms with Crippen molar-refractivity contribution < 1.29 is 9.53 Å². The quantitative estimate of drug-likeness (QED) is 0.631. The van der Waals surface area contributed by atoms with Gasteiger partial charge < -0.3 is 15.4 Å². The van der Waals surface area contributed by atoms with Crippen molar-refractivity contribution >= 4 is 37.8 Å². The number of halogens is 2. The highest BCUT2D eigenvalue weighted by atomic mass is 79.9. The van der Waals surface area contributed by atoms with Crippen molar-refractivity contribution in [1.29, 1.82) is 0 Å². The van der Waals surface area contributed by atoms with E-state index >= 15 is 0 Å². The van der Waals surface area contributed by atoms with Crippen LogP contribution < -0.4 is 15.4 Å². The summed E-state index contributed by atoms with van der Waals surface area (Å²) in [6, 6.07) is 4.02. The van der Waals surface area contributed by atoms with Crippen LogP contribution in [-0.2, 0) is 11.3 Å². The minimum atomic E-state index is 0.0910. The van der Waals surface area contributed by atoms with E-state index in [-0.39, 0.29) is 5.91 Å². The van der Waals surface area contributed by atoms with E-state index in [0.717, 1.165) is 26.8 Å². The molecule has 0 atom stereocenters. The van der Waals surface area contributed by atoms with Gasteiger partial charge in [0.1, 0.15) is 5.75 Å². The Bertz CT molecular complexity index is 456. The van der Waals surface area contributed by atoms with Gasteiger partial charge in [-0.1, -0.05) is 13.8 Å². The first-order chi connectivity index (χ1) is 9.93. The van der Waals surface area contributed by atoms with Gasteiger partial charge in [0.05, 0.1) is 16.1 Å². The van der Waals surface area contributed by atoms with Gasteiger partial charge in [0, 0.05) is 26.1 Å². The molecule has 1 amide bonds. The monoisotopic (exact) mass is 420 g/mol. The van der Waals surface area contributed by atoms with Crippen LogP contribution in [0.25, 0.3) is 0 Å².